The minimum absolute atomic E-state index is 0.148. The van der Waals surface area contributed by atoms with Crippen LogP contribution in [0, 0.1) is 6.92 Å². The van der Waals surface area contributed by atoms with Gasteiger partial charge in [-0.1, -0.05) is 49.6 Å². The summed E-state index contributed by atoms with van der Waals surface area (Å²) in [5.74, 6) is 0. The highest BCUT2D eigenvalue weighted by Gasteiger charge is 2.35. The Kier molecular flexibility index (Phi) is 5.83. The molecule has 0 amide bonds. The molecule has 0 aromatic heterocycles. The maximum Gasteiger partial charge on any atom is 0.0501 e. The van der Waals surface area contributed by atoms with Crippen molar-refractivity contribution >= 4 is 0 Å². The fourth-order valence-electron chi connectivity index (χ4n) is 3.57. The molecule has 1 fully saturated rings. The first-order valence-corrected chi connectivity index (χ1v) is 8.60. The normalized spacial score (nSPS) is 19.2. The molecule has 2 rings (SSSR count). The van der Waals surface area contributed by atoms with Gasteiger partial charge in [0, 0.05) is 5.54 Å². The summed E-state index contributed by atoms with van der Waals surface area (Å²) in [6, 6.07) is 9.45. The molecule has 0 aliphatic carbocycles. The summed E-state index contributed by atoms with van der Waals surface area (Å²) in [7, 11) is 0. The van der Waals surface area contributed by atoms with Crippen molar-refractivity contribution in [1.82, 2.24) is 10.2 Å². The summed E-state index contributed by atoms with van der Waals surface area (Å²) in [4.78, 5) is 2.70. The molecule has 0 radical (unpaired) electrons. The predicted molar refractivity (Wildman–Crippen MR) is 91.7 cm³/mol. The Bertz CT molecular complexity index is 414. The Morgan fingerprint density at radius 3 is 2.14 bits per heavy atom. The highest BCUT2D eigenvalue weighted by molar-refractivity contribution is 5.26. The van der Waals surface area contributed by atoms with Crippen LogP contribution >= 0.6 is 0 Å². The van der Waals surface area contributed by atoms with Crippen molar-refractivity contribution < 1.29 is 0 Å². The van der Waals surface area contributed by atoms with Gasteiger partial charge in [-0.3, -0.25) is 4.90 Å². The van der Waals surface area contributed by atoms with E-state index >= 15 is 0 Å². The van der Waals surface area contributed by atoms with Crippen LogP contribution in [0.3, 0.4) is 0 Å². The molecular formula is C19H32N2. The molecule has 2 nitrogen and oxygen atoms in total. The van der Waals surface area contributed by atoms with E-state index in [-0.39, 0.29) is 5.54 Å². The number of nitrogens with one attached hydrogen (secondary N) is 1. The van der Waals surface area contributed by atoms with Crippen LogP contribution < -0.4 is 5.32 Å². The van der Waals surface area contributed by atoms with E-state index in [1.807, 2.05) is 0 Å². The zero-order valence-corrected chi connectivity index (χ0v) is 14.3. The molecule has 0 spiro atoms. The Morgan fingerprint density at radius 2 is 1.62 bits per heavy atom. The number of benzene rings is 1. The van der Waals surface area contributed by atoms with E-state index in [4.69, 9.17) is 0 Å². The smallest absolute Gasteiger partial charge is 0.0501 e. The topological polar surface area (TPSA) is 15.3 Å². The lowest BCUT2D eigenvalue weighted by Crippen LogP contribution is -2.53. The monoisotopic (exact) mass is 288 g/mol. The van der Waals surface area contributed by atoms with E-state index in [0.717, 1.165) is 6.54 Å². The maximum absolute atomic E-state index is 3.73. The second kappa shape index (κ2) is 7.42. The molecule has 1 saturated heterocycles. The van der Waals surface area contributed by atoms with Crippen LogP contribution in [0.4, 0.5) is 0 Å². The zero-order chi connectivity index (χ0) is 15.3. The van der Waals surface area contributed by atoms with Crippen molar-refractivity contribution in [3.05, 3.63) is 35.4 Å². The van der Waals surface area contributed by atoms with Gasteiger partial charge in [-0.15, -0.1) is 0 Å². The van der Waals surface area contributed by atoms with Crippen molar-refractivity contribution in [3.63, 3.8) is 0 Å². The average molecular weight is 288 g/mol. The molecule has 1 heterocycles. The fraction of sp³-hybridized carbons (Fsp3) is 0.684. The number of hydrogen-bond donors (Lipinski definition) is 1. The van der Waals surface area contributed by atoms with E-state index in [9.17, 15) is 0 Å². The van der Waals surface area contributed by atoms with Crippen molar-refractivity contribution in [2.45, 2.75) is 65.0 Å². The average Bonchev–Trinajstić information content (AvgIpc) is 2.75. The second-order valence-corrected chi connectivity index (χ2v) is 6.96. The Hall–Kier alpha value is -0.860. The van der Waals surface area contributed by atoms with Crippen LogP contribution in [0.2, 0.25) is 0 Å². The van der Waals surface area contributed by atoms with Crippen molar-refractivity contribution in [2.24, 2.45) is 0 Å². The second-order valence-electron chi connectivity index (χ2n) is 6.96. The van der Waals surface area contributed by atoms with Gasteiger partial charge < -0.3 is 5.32 Å². The van der Waals surface area contributed by atoms with Gasteiger partial charge >= 0.3 is 0 Å². The Morgan fingerprint density at radius 1 is 1.05 bits per heavy atom. The highest BCUT2D eigenvalue weighted by atomic mass is 15.2. The van der Waals surface area contributed by atoms with Crippen LogP contribution in [0.1, 0.15) is 63.6 Å². The van der Waals surface area contributed by atoms with Crippen molar-refractivity contribution in [1.29, 1.82) is 0 Å². The first-order valence-electron chi connectivity index (χ1n) is 8.60. The summed E-state index contributed by atoms with van der Waals surface area (Å²) >= 11 is 0. The molecule has 0 saturated carbocycles. The summed E-state index contributed by atoms with van der Waals surface area (Å²) in [5.41, 5.74) is 2.90. The third-order valence-corrected chi connectivity index (χ3v) is 4.95. The van der Waals surface area contributed by atoms with Gasteiger partial charge in [0.15, 0.2) is 0 Å². The van der Waals surface area contributed by atoms with Gasteiger partial charge in [-0.25, -0.2) is 0 Å². The first kappa shape index (κ1) is 16.5. The molecule has 1 aromatic rings. The lowest BCUT2D eigenvalue weighted by atomic mass is 9.86. The van der Waals surface area contributed by atoms with Gasteiger partial charge in [-0.2, -0.15) is 0 Å². The fourth-order valence-corrected chi connectivity index (χ4v) is 3.57. The first-order chi connectivity index (χ1) is 10.1. The molecule has 118 valence electrons. The molecule has 1 aliphatic rings. The number of likely N-dealkylation sites (N-methyl/N-ethyl adjacent to an activating group) is 1. The summed E-state index contributed by atoms with van der Waals surface area (Å²) in [6.07, 6.45) is 5.47. The molecule has 2 heteroatoms. The van der Waals surface area contributed by atoms with Gasteiger partial charge in [0.25, 0.3) is 0 Å². The number of nitrogens with zero attached hydrogens (tertiary/aromatic N) is 1. The number of aryl methyl sites for hydroxylation is 1. The third kappa shape index (κ3) is 4.08. The van der Waals surface area contributed by atoms with Crippen molar-refractivity contribution in [2.75, 3.05) is 19.6 Å². The van der Waals surface area contributed by atoms with Gasteiger partial charge in [-0.05, 0) is 58.8 Å². The Balaban J connectivity index is 2.23. The SMILES string of the molecule is CCNC(c1ccc(C)cc1)C(C)(C)N1CCCCCC1. The maximum atomic E-state index is 3.73. The largest absolute Gasteiger partial charge is 0.309 e. The highest BCUT2D eigenvalue weighted by Crippen LogP contribution is 2.33. The van der Waals surface area contributed by atoms with Crippen LogP contribution in [-0.4, -0.2) is 30.1 Å². The number of hydrogen-bond acceptors (Lipinski definition) is 2. The summed E-state index contributed by atoms with van der Waals surface area (Å²) in [5, 5.41) is 3.73. The molecule has 0 bridgehead atoms. The molecule has 1 N–H and O–H groups in total. The zero-order valence-electron chi connectivity index (χ0n) is 14.3. The van der Waals surface area contributed by atoms with E-state index in [1.54, 1.807) is 0 Å². The predicted octanol–water partition coefficient (Wildman–Crippen LogP) is 4.30. The number of rotatable bonds is 5. The lowest BCUT2D eigenvalue weighted by molar-refractivity contribution is 0.0840. The lowest BCUT2D eigenvalue weighted by Gasteiger charge is -2.44. The van der Waals surface area contributed by atoms with Gasteiger partial charge in [0.2, 0.25) is 0 Å². The third-order valence-electron chi connectivity index (χ3n) is 4.95. The molecule has 1 aliphatic heterocycles. The minimum Gasteiger partial charge on any atom is -0.309 e. The van der Waals surface area contributed by atoms with Crippen molar-refractivity contribution in [3.8, 4) is 0 Å². The minimum atomic E-state index is 0.148. The molecular weight excluding hydrogens is 256 g/mol. The quantitative estimate of drug-likeness (QED) is 0.869. The van der Waals surface area contributed by atoms with E-state index in [1.165, 1.54) is 49.9 Å². The van der Waals surface area contributed by atoms with Crippen LogP contribution in [-0.2, 0) is 0 Å². The van der Waals surface area contributed by atoms with Crippen LogP contribution in [0.15, 0.2) is 24.3 Å². The Labute approximate surface area is 130 Å². The van der Waals surface area contributed by atoms with Crippen LogP contribution in [0.25, 0.3) is 0 Å². The van der Waals surface area contributed by atoms with Gasteiger partial charge in [0.1, 0.15) is 0 Å². The summed E-state index contributed by atoms with van der Waals surface area (Å²) < 4.78 is 0. The summed E-state index contributed by atoms with van der Waals surface area (Å²) in [6.45, 7) is 12.7. The van der Waals surface area contributed by atoms with Gasteiger partial charge in [0.05, 0.1) is 6.04 Å². The van der Waals surface area contributed by atoms with Crippen LogP contribution in [0.5, 0.6) is 0 Å². The molecule has 1 aromatic carbocycles. The standard InChI is InChI=1S/C19H32N2/c1-5-20-18(17-12-10-16(2)11-13-17)19(3,4)21-14-8-6-7-9-15-21/h10-13,18,20H,5-9,14-15H2,1-4H3. The van der Waals surface area contributed by atoms with E-state index in [2.05, 4.69) is 62.2 Å². The number of likely N-dealkylation sites (tertiary alicyclic amines) is 1. The molecule has 1 atom stereocenters. The van der Waals surface area contributed by atoms with E-state index in [0.29, 0.717) is 6.04 Å². The molecule has 21 heavy (non-hydrogen) atoms. The molecule has 1 unspecified atom stereocenters. The van der Waals surface area contributed by atoms with E-state index < -0.39 is 0 Å².